The lowest BCUT2D eigenvalue weighted by atomic mass is 10.1. The van der Waals surface area contributed by atoms with E-state index in [-0.39, 0.29) is 32.5 Å². The Labute approximate surface area is 255 Å². The maximum atomic E-state index is 15.0. The molecule has 5 aromatic rings. The molecule has 43 heavy (non-hydrogen) atoms. The number of benzene rings is 2. The van der Waals surface area contributed by atoms with Gasteiger partial charge in [-0.1, -0.05) is 17.7 Å². The zero-order chi connectivity index (χ0) is 29.7. The highest BCUT2D eigenvalue weighted by Gasteiger charge is 2.37. The molecule has 4 heterocycles. The number of rotatable bonds is 7. The van der Waals surface area contributed by atoms with E-state index in [9.17, 15) is 13.2 Å². The normalized spacial score (nSPS) is 15.6. The lowest BCUT2D eigenvalue weighted by molar-refractivity contribution is 0.566. The van der Waals surface area contributed by atoms with Gasteiger partial charge in [0.15, 0.2) is 20.6 Å². The number of aromatic nitrogens is 4. The Morgan fingerprint density at radius 1 is 1.05 bits per heavy atom. The fourth-order valence-electron chi connectivity index (χ4n) is 5.19. The Hall–Kier alpha value is -3.91. The van der Waals surface area contributed by atoms with E-state index in [1.54, 1.807) is 42.0 Å². The van der Waals surface area contributed by atoms with Gasteiger partial charge in [-0.05, 0) is 49.2 Å². The molecule has 0 unspecified atom stereocenters. The Balaban J connectivity index is 1.27. The van der Waals surface area contributed by atoms with Crippen molar-refractivity contribution in [3.05, 3.63) is 81.4 Å². The Bertz CT molecular complexity index is 2030. The SMILES string of the molecule is O=c1c(-c2ccc(S(=O)(=O)C3CC3)cc2Cl)cc2cnc(Nc3ccc(N4CCNCC4)c(F)c3)nc2n1-c1nccs1. The first-order valence-corrected chi connectivity index (χ1v) is 16.5. The van der Waals surface area contributed by atoms with E-state index in [1.807, 2.05) is 4.90 Å². The van der Waals surface area contributed by atoms with E-state index in [2.05, 4.69) is 25.6 Å². The van der Waals surface area contributed by atoms with E-state index < -0.39 is 15.4 Å². The Morgan fingerprint density at radius 3 is 2.56 bits per heavy atom. The molecule has 1 saturated carbocycles. The second-order valence-corrected chi connectivity index (χ2v) is 13.9. The van der Waals surface area contributed by atoms with Crippen molar-refractivity contribution in [1.29, 1.82) is 0 Å². The summed E-state index contributed by atoms with van der Waals surface area (Å²) in [5.41, 5.74) is 1.49. The molecule has 0 bridgehead atoms. The average molecular weight is 638 g/mol. The van der Waals surface area contributed by atoms with Crippen LogP contribution in [0.4, 0.5) is 21.7 Å². The molecule has 0 radical (unpaired) electrons. The summed E-state index contributed by atoms with van der Waals surface area (Å²) in [5.74, 6) is -0.184. The van der Waals surface area contributed by atoms with Gasteiger partial charge in [-0.25, -0.2) is 27.3 Å². The number of halogens is 2. The maximum Gasteiger partial charge on any atom is 0.266 e. The van der Waals surface area contributed by atoms with Crippen LogP contribution >= 0.6 is 22.9 Å². The molecule has 1 saturated heterocycles. The van der Waals surface area contributed by atoms with Crippen molar-refractivity contribution < 1.29 is 12.8 Å². The van der Waals surface area contributed by atoms with Crippen LogP contribution in [0.15, 0.2) is 69.9 Å². The summed E-state index contributed by atoms with van der Waals surface area (Å²) in [7, 11) is -3.45. The number of pyridine rings is 1. The first-order valence-electron chi connectivity index (χ1n) is 13.7. The molecule has 14 heteroatoms. The molecule has 2 aliphatic rings. The topological polar surface area (TPSA) is 122 Å². The van der Waals surface area contributed by atoms with Crippen LogP contribution in [0.2, 0.25) is 5.02 Å². The van der Waals surface area contributed by atoms with E-state index in [1.165, 1.54) is 34.1 Å². The molecule has 2 aromatic carbocycles. The van der Waals surface area contributed by atoms with E-state index in [4.69, 9.17) is 11.6 Å². The predicted octanol–water partition coefficient (Wildman–Crippen LogP) is 4.79. The quantitative estimate of drug-likeness (QED) is 0.259. The molecule has 2 fully saturated rings. The van der Waals surface area contributed by atoms with Crippen molar-refractivity contribution in [3.63, 3.8) is 0 Å². The van der Waals surface area contributed by atoms with Gasteiger partial charge in [0.25, 0.3) is 5.56 Å². The standard InChI is InChI=1S/C29H25ClFN7O3S2/c30-23-15-20(43(40,41)19-2-3-19)4-5-21(23)22-13-17-16-34-28(36-26(17)38(27(22)39)29-33-9-12-42-29)35-18-1-6-25(24(31)14-18)37-10-7-32-8-11-37/h1,4-6,9,12-16,19,32H,2-3,7-8,10-11H2,(H,34,35,36). The fourth-order valence-corrected chi connectivity index (χ4v) is 7.86. The number of piperazine rings is 1. The lowest BCUT2D eigenvalue weighted by Gasteiger charge is -2.29. The van der Waals surface area contributed by atoms with Crippen molar-refractivity contribution >= 4 is 61.1 Å². The third-order valence-corrected chi connectivity index (χ3v) is 10.9. The summed E-state index contributed by atoms with van der Waals surface area (Å²) >= 11 is 7.84. The third-order valence-electron chi connectivity index (χ3n) is 7.54. The van der Waals surface area contributed by atoms with Crippen LogP contribution in [0, 0.1) is 5.82 Å². The number of hydrogen-bond donors (Lipinski definition) is 2. The molecule has 7 rings (SSSR count). The van der Waals surface area contributed by atoms with Crippen molar-refractivity contribution in [2.24, 2.45) is 0 Å². The molecule has 2 N–H and O–H groups in total. The highest BCUT2D eigenvalue weighted by molar-refractivity contribution is 7.92. The van der Waals surface area contributed by atoms with Gasteiger partial charge in [0.1, 0.15) is 5.82 Å². The van der Waals surface area contributed by atoms with Gasteiger partial charge in [-0.3, -0.25) is 4.79 Å². The molecular formula is C29H25ClFN7O3S2. The average Bonchev–Trinajstić information content (AvgIpc) is 3.74. The van der Waals surface area contributed by atoms with E-state index >= 15 is 4.39 Å². The van der Waals surface area contributed by atoms with Crippen molar-refractivity contribution in [1.82, 2.24) is 24.8 Å². The zero-order valence-corrected chi connectivity index (χ0v) is 25.0. The molecular weight excluding hydrogens is 613 g/mol. The highest BCUT2D eigenvalue weighted by atomic mass is 35.5. The lowest BCUT2D eigenvalue weighted by Crippen LogP contribution is -2.43. The predicted molar refractivity (Wildman–Crippen MR) is 166 cm³/mol. The summed E-state index contributed by atoms with van der Waals surface area (Å²) in [6.07, 6.45) is 4.42. The fraction of sp³-hybridized carbons (Fsp3) is 0.241. The van der Waals surface area contributed by atoms with Crippen LogP contribution in [0.5, 0.6) is 0 Å². The number of hydrogen-bond acceptors (Lipinski definition) is 10. The molecule has 0 amide bonds. The minimum absolute atomic E-state index is 0.140. The van der Waals surface area contributed by atoms with Gasteiger partial charge in [0, 0.05) is 71.2 Å². The largest absolute Gasteiger partial charge is 0.367 e. The number of fused-ring (bicyclic) bond motifs is 1. The molecule has 1 aliphatic carbocycles. The minimum atomic E-state index is -3.45. The van der Waals surface area contributed by atoms with Crippen molar-refractivity contribution in [2.75, 3.05) is 36.4 Å². The maximum absolute atomic E-state index is 15.0. The van der Waals surface area contributed by atoms with Gasteiger partial charge in [0.05, 0.1) is 15.8 Å². The monoisotopic (exact) mass is 637 g/mol. The summed E-state index contributed by atoms with van der Waals surface area (Å²) < 4.78 is 41.9. The first kappa shape index (κ1) is 27.9. The van der Waals surface area contributed by atoms with Crippen LogP contribution in [0.3, 0.4) is 0 Å². The molecule has 220 valence electrons. The second-order valence-electron chi connectivity index (χ2n) is 10.4. The van der Waals surface area contributed by atoms with Crippen LogP contribution in [-0.4, -0.2) is 59.4 Å². The summed E-state index contributed by atoms with van der Waals surface area (Å²) in [6, 6.07) is 11.0. The smallest absolute Gasteiger partial charge is 0.266 e. The summed E-state index contributed by atoms with van der Waals surface area (Å²) in [6.45, 7) is 3.05. The van der Waals surface area contributed by atoms with Gasteiger partial charge in [-0.15, -0.1) is 11.3 Å². The van der Waals surface area contributed by atoms with Crippen LogP contribution < -0.4 is 21.1 Å². The molecule has 1 aliphatic heterocycles. The molecule has 3 aromatic heterocycles. The Kier molecular flexibility index (Phi) is 7.12. The molecule has 0 spiro atoms. The number of nitrogens with one attached hydrogen (secondary N) is 2. The van der Waals surface area contributed by atoms with Gasteiger partial charge in [-0.2, -0.15) is 4.98 Å². The van der Waals surface area contributed by atoms with Crippen LogP contribution in [-0.2, 0) is 9.84 Å². The van der Waals surface area contributed by atoms with E-state index in [0.717, 1.165) is 26.2 Å². The first-order chi connectivity index (χ1) is 20.8. The van der Waals surface area contributed by atoms with Crippen LogP contribution in [0.1, 0.15) is 12.8 Å². The number of thiazole rings is 1. The number of anilines is 3. The van der Waals surface area contributed by atoms with Crippen LogP contribution in [0.25, 0.3) is 27.3 Å². The number of sulfone groups is 1. The second kappa shape index (κ2) is 11.0. The van der Waals surface area contributed by atoms with E-state index in [0.29, 0.717) is 45.9 Å². The summed E-state index contributed by atoms with van der Waals surface area (Å²) in [5, 5.41) is 8.74. The number of nitrogens with zero attached hydrogens (tertiary/aromatic N) is 5. The highest BCUT2D eigenvalue weighted by Crippen LogP contribution is 2.37. The molecule has 0 atom stereocenters. The summed E-state index contributed by atoms with van der Waals surface area (Å²) in [4.78, 5) is 29.5. The van der Waals surface area contributed by atoms with Crippen molar-refractivity contribution in [3.8, 4) is 16.3 Å². The van der Waals surface area contributed by atoms with Gasteiger partial charge < -0.3 is 15.5 Å². The van der Waals surface area contributed by atoms with Gasteiger partial charge >= 0.3 is 0 Å². The third kappa shape index (κ3) is 5.26. The minimum Gasteiger partial charge on any atom is -0.367 e. The van der Waals surface area contributed by atoms with Gasteiger partial charge in [0.2, 0.25) is 5.95 Å². The molecule has 10 nitrogen and oxygen atoms in total. The zero-order valence-electron chi connectivity index (χ0n) is 22.6. The van der Waals surface area contributed by atoms with Crippen molar-refractivity contribution in [2.45, 2.75) is 23.0 Å². The Morgan fingerprint density at radius 2 is 1.86 bits per heavy atom.